The summed E-state index contributed by atoms with van der Waals surface area (Å²) in [4.78, 5) is 26.9. The third-order valence-corrected chi connectivity index (χ3v) is 4.31. The van der Waals surface area contributed by atoms with E-state index in [9.17, 15) is 4.79 Å². The number of anilines is 2. The van der Waals surface area contributed by atoms with Gasteiger partial charge in [-0.1, -0.05) is 12.6 Å². The van der Waals surface area contributed by atoms with Crippen LogP contribution in [0.4, 0.5) is 11.6 Å². The first-order valence-electron chi connectivity index (χ1n) is 8.55. The number of rotatable bonds is 5. The van der Waals surface area contributed by atoms with Gasteiger partial charge < -0.3 is 10.2 Å². The predicted octanol–water partition coefficient (Wildman–Crippen LogP) is 2.97. The summed E-state index contributed by atoms with van der Waals surface area (Å²) in [6.45, 7) is 7.12. The molecule has 1 fully saturated rings. The lowest BCUT2D eigenvalue weighted by Gasteiger charge is -2.32. The Kier molecular flexibility index (Phi) is 5.38. The van der Waals surface area contributed by atoms with Crippen molar-refractivity contribution in [2.24, 2.45) is 5.92 Å². The van der Waals surface area contributed by atoms with Gasteiger partial charge in [0.2, 0.25) is 5.91 Å². The van der Waals surface area contributed by atoms with Crippen LogP contribution in [0, 0.1) is 5.92 Å². The van der Waals surface area contributed by atoms with E-state index in [0.29, 0.717) is 11.5 Å². The summed E-state index contributed by atoms with van der Waals surface area (Å²) in [7, 11) is 0. The van der Waals surface area contributed by atoms with Gasteiger partial charge >= 0.3 is 0 Å². The number of amides is 1. The molecular weight excluding hydrogens is 314 g/mol. The van der Waals surface area contributed by atoms with Crippen LogP contribution in [0.25, 0.3) is 0 Å². The van der Waals surface area contributed by atoms with E-state index in [2.05, 4.69) is 26.8 Å². The summed E-state index contributed by atoms with van der Waals surface area (Å²) in [5.74, 6) is 1.96. The Hall–Kier alpha value is -2.76. The lowest BCUT2D eigenvalue weighted by Crippen LogP contribution is -2.40. The maximum atomic E-state index is 12.1. The Morgan fingerprint density at radius 2 is 2.20 bits per heavy atom. The zero-order valence-corrected chi connectivity index (χ0v) is 14.5. The highest BCUT2D eigenvalue weighted by atomic mass is 16.2. The van der Waals surface area contributed by atoms with Crippen molar-refractivity contribution in [1.82, 2.24) is 19.9 Å². The molecule has 0 saturated carbocycles. The van der Waals surface area contributed by atoms with Crippen LogP contribution in [0.1, 0.15) is 25.5 Å². The van der Waals surface area contributed by atoms with E-state index in [1.165, 1.54) is 0 Å². The Morgan fingerprint density at radius 3 is 2.96 bits per heavy atom. The van der Waals surface area contributed by atoms with Crippen LogP contribution in [0.5, 0.6) is 0 Å². The molecule has 1 saturated heterocycles. The fraction of sp³-hybridized carbons (Fsp3) is 0.368. The molecule has 2 aromatic rings. The smallest absolute Gasteiger partial charge is 0.248 e. The molecular formula is C19H23N5O. The Balaban J connectivity index is 1.63. The molecule has 0 spiro atoms. The lowest BCUT2D eigenvalue weighted by atomic mass is 9.93. The zero-order valence-electron chi connectivity index (χ0n) is 14.5. The molecule has 3 heterocycles. The van der Waals surface area contributed by atoms with Gasteiger partial charge in [0.25, 0.3) is 0 Å². The van der Waals surface area contributed by atoms with Crippen molar-refractivity contribution in [3.63, 3.8) is 0 Å². The predicted molar refractivity (Wildman–Crippen MR) is 97.4 cm³/mol. The maximum Gasteiger partial charge on any atom is 0.248 e. The van der Waals surface area contributed by atoms with Gasteiger partial charge in [0.15, 0.2) is 0 Å². The van der Waals surface area contributed by atoms with E-state index in [1.54, 1.807) is 19.4 Å². The first kappa shape index (κ1) is 17.1. The minimum Gasteiger partial charge on any atom is -0.339 e. The maximum absolute atomic E-state index is 12.1. The standard InChI is InChI=1S/C19H23N5O/c1-14(2)19(25)24-9-5-6-15(12-24)10-16-11-18(22-13-21-16)23-17-7-3-4-8-20-17/h3-4,7-8,11,13,15H,1,5-6,9-10,12H2,2H3,(H,20,21,22,23). The molecule has 0 radical (unpaired) electrons. The molecule has 130 valence electrons. The largest absolute Gasteiger partial charge is 0.339 e. The van der Waals surface area contributed by atoms with Crippen LogP contribution < -0.4 is 5.32 Å². The number of hydrogen-bond donors (Lipinski definition) is 1. The minimum atomic E-state index is 0.0601. The van der Waals surface area contributed by atoms with Crippen molar-refractivity contribution in [3.05, 3.63) is 54.6 Å². The van der Waals surface area contributed by atoms with Gasteiger partial charge in [0.1, 0.15) is 18.0 Å². The second kappa shape index (κ2) is 7.88. The number of pyridine rings is 1. The monoisotopic (exact) mass is 337 g/mol. The second-order valence-electron chi connectivity index (χ2n) is 6.48. The van der Waals surface area contributed by atoms with E-state index >= 15 is 0 Å². The summed E-state index contributed by atoms with van der Waals surface area (Å²) in [6, 6.07) is 7.64. The number of hydrogen-bond acceptors (Lipinski definition) is 5. The first-order chi connectivity index (χ1) is 12.1. The average molecular weight is 337 g/mol. The molecule has 1 amide bonds. The number of nitrogens with zero attached hydrogens (tertiary/aromatic N) is 4. The third kappa shape index (κ3) is 4.62. The number of piperidine rings is 1. The van der Waals surface area contributed by atoms with E-state index < -0.39 is 0 Å². The molecule has 6 heteroatoms. The Bertz CT molecular complexity index is 746. The molecule has 25 heavy (non-hydrogen) atoms. The number of likely N-dealkylation sites (tertiary alicyclic amines) is 1. The van der Waals surface area contributed by atoms with Crippen LogP contribution in [-0.4, -0.2) is 38.8 Å². The van der Waals surface area contributed by atoms with Gasteiger partial charge in [-0.3, -0.25) is 4.79 Å². The molecule has 2 aromatic heterocycles. The van der Waals surface area contributed by atoms with Crippen molar-refractivity contribution >= 4 is 17.5 Å². The summed E-state index contributed by atoms with van der Waals surface area (Å²) in [5.41, 5.74) is 1.58. The van der Waals surface area contributed by atoms with Crippen molar-refractivity contribution in [1.29, 1.82) is 0 Å². The fourth-order valence-corrected chi connectivity index (χ4v) is 3.13. The molecule has 0 bridgehead atoms. The average Bonchev–Trinajstić information content (AvgIpc) is 2.62. The molecule has 0 aliphatic carbocycles. The molecule has 1 N–H and O–H groups in total. The zero-order chi connectivity index (χ0) is 17.6. The van der Waals surface area contributed by atoms with Crippen LogP contribution in [0.15, 0.2) is 48.9 Å². The molecule has 3 rings (SSSR count). The Morgan fingerprint density at radius 1 is 1.32 bits per heavy atom. The summed E-state index contributed by atoms with van der Waals surface area (Å²) in [5, 5.41) is 3.19. The summed E-state index contributed by atoms with van der Waals surface area (Å²) in [6.07, 6.45) is 6.26. The molecule has 0 aromatic carbocycles. The van der Waals surface area contributed by atoms with Gasteiger partial charge in [-0.15, -0.1) is 0 Å². The normalized spacial score (nSPS) is 17.2. The molecule has 1 aliphatic heterocycles. The van der Waals surface area contributed by atoms with Gasteiger partial charge in [-0.05, 0) is 44.2 Å². The van der Waals surface area contributed by atoms with Gasteiger partial charge in [0, 0.05) is 36.6 Å². The van der Waals surface area contributed by atoms with Crippen LogP contribution in [0.2, 0.25) is 0 Å². The minimum absolute atomic E-state index is 0.0601. The van der Waals surface area contributed by atoms with Crippen LogP contribution >= 0.6 is 0 Å². The molecule has 1 unspecified atom stereocenters. The van der Waals surface area contributed by atoms with E-state index in [-0.39, 0.29) is 5.91 Å². The van der Waals surface area contributed by atoms with Crippen molar-refractivity contribution in [2.45, 2.75) is 26.2 Å². The first-order valence-corrected chi connectivity index (χ1v) is 8.55. The number of nitrogens with one attached hydrogen (secondary N) is 1. The van der Waals surface area contributed by atoms with Gasteiger partial charge in [0.05, 0.1) is 0 Å². The van der Waals surface area contributed by atoms with Gasteiger partial charge in [-0.2, -0.15) is 0 Å². The number of carbonyl (C=O) groups is 1. The number of carbonyl (C=O) groups excluding carboxylic acids is 1. The SMILES string of the molecule is C=C(C)C(=O)N1CCCC(Cc2cc(Nc3ccccn3)ncn2)C1. The third-order valence-electron chi connectivity index (χ3n) is 4.31. The van der Waals surface area contributed by atoms with Crippen LogP contribution in [0.3, 0.4) is 0 Å². The summed E-state index contributed by atoms with van der Waals surface area (Å²) >= 11 is 0. The van der Waals surface area contributed by atoms with Crippen molar-refractivity contribution < 1.29 is 4.79 Å². The quantitative estimate of drug-likeness (QED) is 0.849. The highest BCUT2D eigenvalue weighted by Gasteiger charge is 2.24. The topological polar surface area (TPSA) is 71.0 Å². The molecule has 1 atom stereocenters. The molecule has 6 nitrogen and oxygen atoms in total. The molecule has 1 aliphatic rings. The summed E-state index contributed by atoms with van der Waals surface area (Å²) < 4.78 is 0. The van der Waals surface area contributed by atoms with E-state index in [4.69, 9.17) is 0 Å². The second-order valence-corrected chi connectivity index (χ2v) is 6.48. The van der Waals surface area contributed by atoms with Crippen molar-refractivity contribution in [2.75, 3.05) is 18.4 Å². The Labute approximate surface area is 148 Å². The van der Waals surface area contributed by atoms with E-state index in [0.717, 1.165) is 49.7 Å². The fourth-order valence-electron chi connectivity index (χ4n) is 3.13. The van der Waals surface area contributed by atoms with Crippen molar-refractivity contribution in [3.8, 4) is 0 Å². The van der Waals surface area contributed by atoms with Crippen LogP contribution in [-0.2, 0) is 11.2 Å². The number of aromatic nitrogens is 3. The van der Waals surface area contributed by atoms with E-state index in [1.807, 2.05) is 29.2 Å². The lowest BCUT2D eigenvalue weighted by molar-refractivity contribution is -0.128. The highest BCUT2D eigenvalue weighted by molar-refractivity contribution is 5.92. The highest BCUT2D eigenvalue weighted by Crippen LogP contribution is 2.22. The van der Waals surface area contributed by atoms with Gasteiger partial charge in [-0.25, -0.2) is 15.0 Å².